The molecule has 0 aliphatic carbocycles. The van der Waals surface area contributed by atoms with Crippen molar-refractivity contribution in [2.24, 2.45) is 11.7 Å². The van der Waals surface area contributed by atoms with Gasteiger partial charge in [0.1, 0.15) is 11.6 Å². The second-order valence-electron chi connectivity index (χ2n) is 7.17. The van der Waals surface area contributed by atoms with Gasteiger partial charge in [-0.05, 0) is 49.9 Å². The molecule has 0 bridgehead atoms. The van der Waals surface area contributed by atoms with Crippen LogP contribution in [-0.2, 0) is 6.18 Å². The molecule has 0 aliphatic heterocycles. The summed E-state index contributed by atoms with van der Waals surface area (Å²) < 4.78 is 59.5. The van der Waals surface area contributed by atoms with E-state index in [9.17, 15) is 17.6 Å². The monoisotopic (exact) mass is 370 g/mol. The fraction of sp³-hybridized carbons (Fsp3) is 0.421. The summed E-state index contributed by atoms with van der Waals surface area (Å²) in [4.78, 5) is 3.61. The number of benzene rings is 1. The molecule has 2 aromatic rings. The zero-order valence-corrected chi connectivity index (χ0v) is 14.9. The standard InChI is InChI=1S/C19H22F4N2O/c1-12(9-18(2,3)24)11-26-17-5-4-13(8-15(17)19(21,22)23)14-6-7-25-10-16(14)20/h4-8,10,12H,9,11,24H2,1-3H3. The zero-order valence-electron chi connectivity index (χ0n) is 14.9. The summed E-state index contributed by atoms with van der Waals surface area (Å²) in [7, 11) is 0. The number of hydrogen-bond acceptors (Lipinski definition) is 3. The van der Waals surface area contributed by atoms with E-state index < -0.39 is 23.1 Å². The highest BCUT2D eigenvalue weighted by Gasteiger charge is 2.35. The molecule has 0 saturated heterocycles. The van der Waals surface area contributed by atoms with E-state index in [2.05, 4.69) is 4.98 Å². The third kappa shape index (κ3) is 5.42. The highest BCUT2D eigenvalue weighted by Crippen LogP contribution is 2.39. The van der Waals surface area contributed by atoms with E-state index in [1.807, 2.05) is 20.8 Å². The van der Waals surface area contributed by atoms with Crippen LogP contribution in [0.1, 0.15) is 32.8 Å². The lowest BCUT2D eigenvalue weighted by Crippen LogP contribution is -2.35. The lowest BCUT2D eigenvalue weighted by Gasteiger charge is -2.24. The number of pyridine rings is 1. The molecule has 0 spiro atoms. The Labute approximate surface area is 150 Å². The molecule has 3 nitrogen and oxygen atoms in total. The van der Waals surface area contributed by atoms with Crippen molar-refractivity contribution < 1.29 is 22.3 Å². The van der Waals surface area contributed by atoms with Crippen molar-refractivity contribution in [3.63, 3.8) is 0 Å². The minimum absolute atomic E-state index is 0.0200. The van der Waals surface area contributed by atoms with Crippen LogP contribution in [0.4, 0.5) is 17.6 Å². The van der Waals surface area contributed by atoms with Gasteiger partial charge in [0, 0.05) is 17.3 Å². The van der Waals surface area contributed by atoms with Gasteiger partial charge in [-0.25, -0.2) is 4.39 Å². The van der Waals surface area contributed by atoms with Crippen LogP contribution in [0.2, 0.25) is 0 Å². The van der Waals surface area contributed by atoms with Crippen LogP contribution >= 0.6 is 0 Å². The smallest absolute Gasteiger partial charge is 0.419 e. The number of alkyl halides is 3. The van der Waals surface area contributed by atoms with Crippen LogP contribution in [0.3, 0.4) is 0 Å². The molecule has 1 aromatic heterocycles. The van der Waals surface area contributed by atoms with Crippen molar-refractivity contribution in [1.29, 1.82) is 0 Å². The maximum Gasteiger partial charge on any atom is 0.419 e. The Morgan fingerprint density at radius 3 is 2.46 bits per heavy atom. The number of halogens is 4. The van der Waals surface area contributed by atoms with Gasteiger partial charge < -0.3 is 10.5 Å². The Balaban J connectivity index is 2.29. The predicted molar refractivity (Wildman–Crippen MR) is 92.2 cm³/mol. The van der Waals surface area contributed by atoms with Crippen molar-refractivity contribution in [2.75, 3.05) is 6.61 Å². The molecule has 1 aromatic carbocycles. The molecule has 0 amide bonds. The number of ether oxygens (including phenoxy) is 1. The first-order valence-corrected chi connectivity index (χ1v) is 8.20. The van der Waals surface area contributed by atoms with E-state index >= 15 is 0 Å². The zero-order chi connectivity index (χ0) is 19.5. The van der Waals surface area contributed by atoms with Crippen LogP contribution in [0.5, 0.6) is 5.75 Å². The van der Waals surface area contributed by atoms with Crippen molar-refractivity contribution in [3.05, 3.63) is 48.0 Å². The summed E-state index contributed by atoms with van der Waals surface area (Å²) in [5, 5.41) is 0. The molecule has 2 rings (SSSR count). The molecule has 1 heterocycles. The van der Waals surface area contributed by atoms with E-state index in [-0.39, 0.29) is 29.4 Å². The van der Waals surface area contributed by atoms with E-state index in [1.165, 1.54) is 24.4 Å². The summed E-state index contributed by atoms with van der Waals surface area (Å²) in [6, 6.07) is 4.85. The summed E-state index contributed by atoms with van der Waals surface area (Å²) in [6.07, 6.45) is -1.73. The molecule has 1 atom stereocenters. The molecule has 7 heteroatoms. The molecule has 2 N–H and O–H groups in total. The molecule has 0 aliphatic rings. The average Bonchev–Trinajstić information content (AvgIpc) is 2.51. The van der Waals surface area contributed by atoms with Crippen molar-refractivity contribution >= 4 is 0 Å². The van der Waals surface area contributed by atoms with E-state index in [1.54, 1.807) is 0 Å². The normalized spacial score (nSPS) is 13.5. The maximum atomic E-state index is 13.8. The Hall–Kier alpha value is -2.15. The predicted octanol–water partition coefficient (Wildman–Crippen LogP) is 5.05. The van der Waals surface area contributed by atoms with Gasteiger partial charge in [-0.3, -0.25) is 4.98 Å². The van der Waals surface area contributed by atoms with Crippen molar-refractivity contribution in [2.45, 2.75) is 38.9 Å². The summed E-state index contributed by atoms with van der Waals surface area (Å²) in [5.74, 6) is -0.987. The molecule has 0 saturated carbocycles. The van der Waals surface area contributed by atoms with Gasteiger partial charge in [-0.15, -0.1) is 0 Å². The van der Waals surface area contributed by atoms with E-state index in [0.29, 0.717) is 6.42 Å². The molecule has 26 heavy (non-hydrogen) atoms. The quantitative estimate of drug-likeness (QED) is 0.724. The van der Waals surface area contributed by atoms with Crippen LogP contribution in [0.15, 0.2) is 36.7 Å². The van der Waals surface area contributed by atoms with Crippen LogP contribution < -0.4 is 10.5 Å². The van der Waals surface area contributed by atoms with E-state index in [4.69, 9.17) is 10.5 Å². The molecular formula is C19H22F4N2O. The fourth-order valence-corrected chi connectivity index (χ4v) is 2.84. The molecule has 0 radical (unpaired) electrons. The number of rotatable bonds is 6. The topological polar surface area (TPSA) is 48.1 Å². The summed E-state index contributed by atoms with van der Waals surface area (Å²) >= 11 is 0. The average molecular weight is 370 g/mol. The third-order valence-corrected chi connectivity index (χ3v) is 3.77. The van der Waals surface area contributed by atoms with Crippen LogP contribution in [0, 0.1) is 11.7 Å². The van der Waals surface area contributed by atoms with Gasteiger partial charge in [0.2, 0.25) is 0 Å². The molecular weight excluding hydrogens is 348 g/mol. The first kappa shape index (κ1) is 20.2. The van der Waals surface area contributed by atoms with Crippen molar-refractivity contribution in [1.82, 2.24) is 4.98 Å². The summed E-state index contributed by atoms with van der Waals surface area (Å²) in [6.45, 7) is 5.67. The molecule has 142 valence electrons. The first-order chi connectivity index (χ1) is 12.0. The number of nitrogens with two attached hydrogens (primary N) is 1. The number of aromatic nitrogens is 1. The third-order valence-electron chi connectivity index (χ3n) is 3.77. The van der Waals surface area contributed by atoms with Gasteiger partial charge >= 0.3 is 6.18 Å². The second kappa shape index (κ2) is 7.61. The van der Waals surface area contributed by atoms with Crippen molar-refractivity contribution in [3.8, 4) is 16.9 Å². The van der Waals surface area contributed by atoms with Crippen LogP contribution in [-0.4, -0.2) is 17.1 Å². The highest BCUT2D eigenvalue weighted by molar-refractivity contribution is 5.66. The Bertz CT molecular complexity index is 754. The van der Waals surface area contributed by atoms with Gasteiger partial charge in [0.15, 0.2) is 0 Å². The molecule has 1 unspecified atom stereocenters. The minimum Gasteiger partial charge on any atom is -0.493 e. The van der Waals surface area contributed by atoms with Gasteiger partial charge in [0.05, 0.1) is 18.4 Å². The highest BCUT2D eigenvalue weighted by atomic mass is 19.4. The summed E-state index contributed by atoms with van der Waals surface area (Å²) in [5.41, 5.74) is 4.72. The van der Waals surface area contributed by atoms with Gasteiger partial charge in [0.25, 0.3) is 0 Å². The molecule has 0 fully saturated rings. The Morgan fingerprint density at radius 2 is 1.88 bits per heavy atom. The Kier molecular flexibility index (Phi) is 5.91. The lowest BCUT2D eigenvalue weighted by molar-refractivity contribution is -0.139. The lowest BCUT2D eigenvalue weighted by atomic mass is 9.93. The fourth-order valence-electron chi connectivity index (χ4n) is 2.84. The van der Waals surface area contributed by atoms with E-state index in [0.717, 1.165) is 12.3 Å². The van der Waals surface area contributed by atoms with Gasteiger partial charge in [-0.2, -0.15) is 13.2 Å². The number of nitrogens with zero attached hydrogens (tertiary/aromatic N) is 1. The largest absolute Gasteiger partial charge is 0.493 e. The van der Waals surface area contributed by atoms with Gasteiger partial charge in [-0.1, -0.05) is 13.0 Å². The van der Waals surface area contributed by atoms with Crippen LogP contribution in [0.25, 0.3) is 11.1 Å². The SMILES string of the molecule is CC(COc1ccc(-c2ccncc2F)cc1C(F)(F)F)CC(C)(C)N. The second-order valence-corrected chi connectivity index (χ2v) is 7.17. The number of hydrogen-bond donors (Lipinski definition) is 1. The minimum atomic E-state index is -4.62. The Morgan fingerprint density at radius 1 is 1.19 bits per heavy atom. The first-order valence-electron chi connectivity index (χ1n) is 8.20. The maximum absolute atomic E-state index is 13.8.